The number of hydrogen-bond acceptors (Lipinski definition) is 28. The Hall–Kier alpha value is -11.8. The van der Waals surface area contributed by atoms with Gasteiger partial charge in [-0.2, -0.15) is 0 Å². The third-order valence-corrected chi connectivity index (χ3v) is 18.0. The number of nitrogens with one attached hydrogen (secondary N) is 2. The van der Waals surface area contributed by atoms with Crippen LogP contribution in [0.25, 0.3) is 21.8 Å². The van der Waals surface area contributed by atoms with Crippen LogP contribution in [0.2, 0.25) is 0 Å². The SMILES string of the molecule is CC(C)C[C@H](N)C(=O)O.CC(C)C[C@H](N)C(=O)O.CC(C)C[C@H](N)C(=O)O.NCCCC[C@H](N)C(=O)O.NCCCC[C@H](N)C(=O)O.NCCCC[C@H](N)C(=O)O.NCCCC[C@H](N)C(=O)O.N[C@@H](Cc1c[nH]c2ccccc12)C(=O)O.N[C@@H](Cc1c[nH]c2ccccc12)C(=O)O.N[C@@H](Cc1ccccc1)C(=O)O.N[C@@H](Cc1ccccc1)C(=O)O.N[C@@H](Cc1ccccc1)C(=O)O. The molecule has 7 rings (SSSR count). The first-order valence-electron chi connectivity index (χ1n) is 43.1. The van der Waals surface area contributed by atoms with E-state index in [1.807, 2.05) is 193 Å². The number of benzene rings is 5. The van der Waals surface area contributed by atoms with Gasteiger partial charge in [0.15, 0.2) is 0 Å². The molecule has 2 aromatic heterocycles. The molecule has 5 aromatic carbocycles. The van der Waals surface area contributed by atoms with Gasteiger partial charge in [0.2, 0.25) is 0 Å². The summed E-state index contributed by atoms with van der Waals surface area (Å²) in [4.78, 5) is 129. The molecular formula is C91H152N18O24. The van der Waals surface area contributed by atoms with Crippen molar-refractivity contribution in [2.45, 2.75) is 242 Å². The van der Waals surface area contributed by atoms with Crippen LogP contribution in [0, 0.1) is 17.8 Å². The van der Waals surface area contributed by atoms with Gasteiger partial charge in [-0.1, -0.05) is 195 Å². The number of aromatic amines is 2. The number of aromatic nitrogens is 2. The molecule has 42 nitrogen and oxygen atoms in total. The summed E-state index contributed by atoms with van der Waals surface area (Å²) in [5, 5.41) is 103. The zero-order chi connectivity index (χ0) is 103. The van der Waals surface area contributed by atoms with Gasteiger partial charge in [-0.05, 0) is 174 Å². The molecule has 0 amide bonds. The van der Waals surface area contributed by atoms with Crippen molar-refractivity contribution in [3.63, 3.8) is 0 Å². The highest BCUT2D eigenvalue weighted by Crippen LogP contribution is 2.21. The number of H-pyrrole nitrogens is 2. The van der Waals surface area contributed by atoms with Crippen LogP contribution in [-0.4, -0.2) is 242 Å². The van der Waals surface area contributed by atoms with Crippen LogP contribution in [0.3, 0.4) is 0 Å². The molecule has 133 heavy (non-hydrogen) atoms. The monoisotopic (exact) mass is 1880 g/mol. The van der Waals surface area contributed by atoms with E-state index in [1.165, 1.54) is 0 Å². The summed E-state index contributed by atoms with van der Waals surface area (Å²) in [6.45, 7) is 14.1. The molecule has 0 saturated carbocycles. The van der Waals surface area contributed by atoms with E-state index in [0.717, 1.165) is 101 Å². The summed E-state index contributed by atoms with van der Waals surface area (Å²) in [7, 11) is 0. The maximum Gasteiger partial charge on any atom is 0.320 e. The van der Waals surface area contributed by atoms with Gasteiger partial charge < -0.3 is 163 Å². The molecule has 0 aliphatic rings. The minimum absolute atomic E-state index is 0.347. The van der Waals surface area contributed by atoms with Gasteiger partial charge in [0, 0.05) is 47.0 Å². The largest absolute Gasteiger partial charge is 0.480 e. The van der Waals surface area contributed by atoms with Crippen molar-refractivity contribution in [1.29, 1.82) is 0 Å². The molecule has 750 valence electrons. The van der Waals surface area contributed by atoms with Crippen molar-refractivity contribution in [1.82, 2.24) is 9.97 Å². The number of aliphatic carboxylic acids is 12. The summed E-state index contributed by atoms with van der Waals surface area (Å²) in [5.41, 5.74) is 91.1. The Balaban J connectivity index is -0.000000450. The van der Waals surface area contributed by atoms with Crippen molar-refractivity contribution < 1.29 is 119 Å². The maximum absolute atomic E-state index is 10.6. The van der Waals surface area contributed by atoms with E-state index in [0.29, 0.717) is 121 Å². The lowest BCUT2D eigenvalue weighted by molar-refractivity contribution is -0.139. The van der Waals surface area contributed by atoms with Gasteiger partial charge in [-0.3, -0.25) is 57.5 Å². The molecule has 0 unspecified atom stereocenters. The first-order chi connectivity index (χ1) is 62.3. The van der Waals surface area contributed by atoms with E-state index in [2.05, 4.69) is 9.97 Å². The number of nitrogens with two attached hydrogens (primary N) is 16. The zero-order valence-electron chi connectivity index (χ0n) is 77.1. The van der Waals surface area contributed by atoms with Crippen LogP contribution >= 0.6 is 0 Å². The fraction of sp³-hybridized carbons (Fsp3) is 0.495. The molecule has 42 heteroatoms. The topological polar surface area (TPSA) is 896 Å². The Kier molecular flexibility index (Phi) is 76.8. The Labute approximate surface area is 776 Å². The van der Waals surface area contributed by atoms with Gasteiger partial charge in [-0.15, -0.1) is 0 Å². The number of hydrogen-bond donors (Lipinski definition) is 30. The van der Waals surface area contributed by atoms with Gasteiger partial charge in [0.05, 0.1) is 0 Å². The highest BCUT2D eigenvalue weighted by Gasteiger charge is 2.20. The normalized spacial score (nSPS) is 13.0. The third-order valence-electron chi connectivity index (χ3n) is 18.0. The van der Waals surface area contributed by atoms with Gasteiger partial charge in [0.25, 0.3) is 0 Å². The minimum Gasteiger partial charge on any atom is -0.480 e. The second kappa shape index (κ2) is 78.8. The van der Waals surface area contributed by atoms with Crippen molar-refractivity contribution in [2.24, 2.45) is 109 Å². The minimum atomic E-state index is -0.972. The molecule has 0 fully saturated rings. The van der Waals surface area contributed by atoms with Crippen LogP contribution < -0.4 is 91.7 Å². The van der Waals surface area contributed by atoms with E-state index >= 15 is 0 Å². The van der Waals surface area contributed by atoms with Gasteiger partial charge in [-0.25, -0.2) is 0 Å². The lowest BCUT2D eigenvalue weighted by Crippen LogP contribution is -2.32. The van der Waals surface area contributed by atoms with Crippen LogP contribution in [0.1, 0.15) is 166 Å². The first-order valence-corrected chi connectivity index (χ1v) is 43.1. The fourth-order valence-corrected chi connectivity index (χ4v) is 10.5. The van der Waals surface area contributed by atoms with Crippen molar-refractivity contribution in [3.05, 3.63) is 180 Å². The van der Waals surface area contributed by atoms with Gasteiger partial charge in [0.1, 0.15) is 72.5 Å². The summed E-state index contributed by atoms with van der Waals surface area (Å²) in [5.74, 6) is -10.2. The van der Waals surface area contributed by atoms with Crippen LogP contribution in [0.15, 0.2) is 152 Å². The zero-order valence-corrected chi connectivity index (χ0v) is 77.1. The van der Waals surface area contributed by atoms with Crippen molar-refractivity contribution >= 4 is 93.4 Å². The number of fused-ring (bicyclic) bond motifs is 2. The predicted octanol–water partition coefficient (Wildman–Crippen LogP) is 3.61. The highest BCUT2D eigenvalue weighted by atomic mass is 16.4. The number of carboxylic acid groups (broad SMARTS) is 12. The molecule has 0 spiro atoms. The number of unbranched alkanes of at least 4 members (excludes halogenated alkanes) is 4. The number of para-hydroxylation sites is 2. The van der Waals surface area contributed by atoms with Crippen LogP contribution in [0.5, 0.6) is 0 Å². The quantitative estimate of drug-likeness (QED) is 0.0243. The molecule has 0 bridgehead atoms. The van der Waals surface area contributed by atoms with E-state index in [1.54, 1.807) is 0 Å². The second-order valence-corrected chi connectivity index (χ2v) is 31.6. The Bertz CT molecular complexity index is 3910. The molecule has 0 saturated heterocycles. The van der Waals surface area contributed by atoms with E-state index in [4.69, 9.17) is 153 Å². The number of carbonyl (C=O) groups is 12. The molecule has 2 heterocycles. The first kappa shape index (κ1) is 130. The van der Waals surface area contributed by atoms with E-state index in [9.17, 15) is 57.5 Å². The standard InChI is InChI=1S/2C11H12N2O2.3C9H11NO2.4C6H14N2O2.3C6H13NO2/c2*12-9(11(14)15)5-7-6-13-10-4-2-1-3-8(7)10;3*10-8(9(11)12)6-7-4-2-1-3-5-7;4*7-4-2-1-3-5(8)6(9)10;3*1-4(2)3-5(7)6(8)9/h2*1-4,6,9,13H,5,12H2,(H,14,15);3*1-5,8H,6,10H2,(H,11,12);4*5H,1-4,7-8H2,(H,9,10);3*4-5H,3,7H2,1-2H3,(H,8,9)/t2*9-;3*8-;7*5-/m000000000000/s1. The Morgan fingerprint density at radius 3 is 0.571 bits per heavy atom. The van der Waals surface area contributed by atoms with Crippen molar-refractivity contribution in [2.75, 3.05) is 26.2 Å². The molecule has 7 aromatic rings. The molecule has 0 aliphatic heterocycles. The maximum atomic E-state index is 10.6. The van der Waals surface area contributed by atoms with Gasteiger partial charge >= 0.3 is 71.6 Å². The number of carboxylic acids is 12. The van der Waals surface area contributed by atoms with Crippen LogP contribution in [-0.2, 0) is 89.6 Å². The average Bonchev–Trinajstić information content (AvgIpc) is 1.69. The highest BCUT2D eigenvalue weighted by molar-refractivity contribution is 5.86. The lowest BCUT2D eigenvalue weighted by atomic mass is 10.1. The molecule has 0 radical (unpaired) electrons. The number of rotatable bonds is 44. The van der Waals surface area contributed by atoms with E-state index in [-0.39, 0.29) is 0 Å². The smallest absolute Gasteiger partial charge is 0.320 e. The fourth-order valence-electron chi connectivity index (χ4n) is 10.5. The molecule has 0 aliphatic carbocycles. The Morgan fingerprint density at radius 1 is 0.233 bits per heavy atom. The summed E-state index contributed by atoms with van der Waals surface area (Å²) in [6.07, 6.45) is 15.8. The molecular weight excluding hydrogens is 1730 g/mol. The summed E-state index contributed by atoms with van der Waals surface area (Å²) < 4.78 is 0. The third kappa shape index (κ3) is 72.5. The van der Waals surface area contributed by atoms with Crippen LogP contribution in [0.4, 0.5) is 0 Å². The predicted molar refractivity (Wildman–Crippen MR) is 512 cm³/mol. The van der Waals surface area contributed by atoms with Crippen molar-refractivity contribution in [3.8, 4) is 0 Å². The average molecular weight is 1880 g/mol. The molecule has 12 atom stereocenters. The summed E-state index contributed by atoms with van der Waals surface area (Å²) in [6, 6.07) is 34.5. The van der Waals surface area contributed by atoms with E-state index < -0.39 is 144 Å². The lowest BCUT2D eigenvalue weighted by Gasteiger charge is -2.07. The second-order valence-electron chi connectivity index (χ2n) is 31.6. The summed E-state index contributed by atoms with van der Waals surface area (Å²) >= 11 is 0. The molecule has 46 N–H and O–H groups in total. The Morgan fingerprint density at radius 2 is 0.406 bits per heavy atom.